The minimum absolute atomic E-state index is 0.0117. The molecular formula is C14H17N3OS. The fourth-order valence-electron chi connectivity index (χ4n) is 2.60. The van der Waals surface area contributed by atoms with Crippen molar-refractivity contribution in [2.24, 2.45) is 7.05 Å². The average Bonchev–Trinajstić information content (AvgIpc) is 2.93. The lowest BCUT2D eigenvalue weighted by molar-refractivity contribution is 0.102. The van der Waals surface area contributed by atoms with Gasteiger partial charge in [-0.15, -0.1) is 11.3 Å². The maximum atomic E-state index is 12.4. The van der Waals surface area contributed by atoms with Crippen molar-refractivity contribution in [1.29, 1.82) is 0 Å². The summed E-state index contributed by atoms with van der Waals surface area (Å²) in [7, 11) is 1.84. The van der Waals surface area contributed by atoms with Gasteiger partial charge < -0.3 is 5.32 Å². The van der Waals surface area contributed by atoms with Crippen LogP contribution < -0.4 is 5.32 Å². The minimum atomic E-state index is -0.0117. The van der Waals surface area contributed by atoms with E-state index in [-0.39, 0.29) is 5.91 Å². The van der Waals surface area contributed by atoms with Crippen LogP contribution in [0.2, 0.25) is 0 Å². The van der Waals surface area contributed by atoms with Crippen molar-refractivity contribution in [2.45, 2.75) is 32.6 Å². The van der Waals surface area contributed by atoms with Gasteiger partial charge in [-0.25, -0.2) is 0 Å². The van der Waals surface area contributed by atoms with Crippen LogP contribution in [-0.2, 0) is 19.9 Å². The summed E-state index contributed by atoms with van der Waals surface area (Å²) in [6, 6.07) is 1.89. The largest absolute Gasteiger partial charge is 0.307 e. The molecule has 0 radical (unpaired) electrons. The second kappa shape index (κ2) is 4.81. The lowest BCUT2D eigenvalue weighted by Crippen LogP contribution is -2.16. The van der Waals surface area contributed by atoms with Crippen molar-refractivity contribution < 1.29 is 4.79 Å². The van der Waals surface area contributed by atoms with E-state index in [1.165, 1.54) is 23.3 Å². The summed E-state index contributed by atoms with van der Waals surface area (Å²) in [5.41, 5.74) is 3.01. The van der Waals surface area contributed by atoms with Crippen LogP contribution in [0.5, 0.6) is 0 Å². The summed E-state index contributed by atoms with van der Waals surface area (Å²) in [5.74, 6) is 0.737. The summed E-state index contributed by atoms with van der Waals surface area (Å²) in [6.07, 6.45) is 4.59. The Morgan fingerprint density at radius 3 is 2.95 bits per heavy atom. The second-order valence-electron chi connectivity index (χ2n) is 5.01. The second-order valence-corrected chi connectivity index (χ2v) is 5.97. The number of thiophene rings is 1. The minimum Gasteiger partial charge on any atom is -0.307 e. The Morgan fingerprint density at radius 2 is 2.21 bits per heavy atom. The summed E-state index contributed by atoms with van der Waals surface area (Å²) in [5, 5.41) is 9.18. The molecule has 1 amide bonds. The molecule has 2 aromatic heterocycles. The van der Waals surface area contributed by atoms with E-state index in [4.69, 9.17) is 0 Å². The fourth-order valence-corrected chi connectivity index (χ4v) is 3.72. The molecule has 5 heteroatoms. The van der Waals surface area contributed by atoms with Gasteiger partial charge in [-0.1, -0.05) is 0 Å². The van der Waals surface area contributed by atoms with E-state index >= 15 is 0 Å². The predicted octanol–water partition coefficient (Wildman–Crippen LogP) is 2.92. The summed E-state index contributed by atoms with van der Waals surface area (Å²) in [6.45, 7) is 1.92. The first-order valence-electron chi connectivity index (χ1n) is 6.56. The first-order valence-corrected chi connectivity index (χ1v) is 7.44. The van der Waals surface area contributed by atoms with Crippen LogP contribution in [0.4, 0.5) is 5.82 Å². The fraction of sp³-hybridized carbons (Fsp3) is 0.429. The highest BCUT2D eigenvalue weighted by Crippen LogP contribution is 2.30. The van der Waals surface area contributed by atoms with Crippen LogP contribution in [0.15, 0.2) is 11.4 Å². The third-order valence-electron chi connectivity index (χ3n) is 3.55. The SMILES string of the molecule is Cc1cc(NC(=O)c2csc3c2CCCC3)n(C)n1. The number of nitrogens with one attached hydrogen (secondary N) is 1. The van der Waals surface area contributed by atoms with E-state index in [1.807, 2.05) is 25.4 Å². The van der Waals surface area contributed by atoms with Crippen LogP contribution in [0.3, 0.4) is 0 Å². The van der Waals surface area contributed by atoms with E-state index in [1.54, 1.807) is 16.0 Å². The third-order valence-corrected chi connectivity index (χ3v) is 4.64. The molecule has 100 valence electrons. The maximum Gasteiger partial charge on any atom is 0.257 e. The number of aryl methyl sites for hydroxylation is 3. The summed E-state index contributed by atoms with van der Waals surface area (Å²) < 4.78 is 1.70. The maximum absolute atomic E-state index is 12.4. The third kappa shape index (κ3) is 2.30. The quantitative estimate of drug-likeness (QED) is 0.916. The van der Waals surface area contributed by atoms with Crippen molar-refractivity contribution in [2.75, 3.05) is 5.32 Å². The molecule has 4 nitrogen and oxygen atoms in total. The molecule has 0 fully saturated rings. The first-order chi connectivity index (χ1) is 9.15. The molecule has 3 rings (SSSR count). The number of carbonyl (C=O) groups is 1. The molecule has 19 heavy (non-hydrogen) atoms. The van der Waals surface area contributed by atoms with Gasteiger partial charge in [0, 0.05) is 23.4 Å². The molecule has 2 aromatic rings. The Morgan fingerprint density at radius 1 is 1.42 bits per heavy atom. The Hall–Kier alpha value is -1.62. The molecule has 0 unspecified atom stereocenters. The molecule has 1 aliphatic carbocycles. The standard InChI is InChI=1S/C14H17N3OS/c1-9-7-13(17(2)16-9)15-14(18)11-8-19-12-6-4-3-5-10(11)12/h7-8H,3-6H2,1-2H3,(H,15,18). The number of hydrogen-bond acceptors (Lipinski definition) is 3. The molecule has 0 bridgehead atoms. The van der Waals surface area contributed by atoms with Crippen molar-refractivity contribution in [1.82, 2.24) is 9.78 Å². The van der Waals surface area contributed by atoms with Gasteiger partial charge in [0.2, 0.25) is 0 Å². The molecule has 0 saturated carbocycles. The predicted molar refractivity (Wildman–Crippen MR) is 76.9 cm³/mol. The lowest BCUT2D eigenvalue weighted by Gasteiger charge is -2.12. The highest BCUT2D eigenvalue weighted by Gasteiger charge is 2.20. The molecule has 1 N–H and O–H groups in total. The van der Waals surface area contributed by atoms with E-state index in [0.717, 1.165) is 29.9 Å². The van der Waals surface area contributed by atoms with E-state index in [0.29, 0.717) is 0 Å². The molecule has 2 heterocycles. The molecular weight excluding hydrogens is 258 g/mol. The number of fused-ring (bicyclic) bond motifs is 1. The molecule has 0 aromatic carbocycles. The van der Waals surface area contributed by atoms with Gasteiger partial charge in [-0.3, -0.25) is 9.48 Å². The van der Waals surface area contributed by atoms with Gasteiger partial charge in [0.05, 0.1) is 11.3 Å². The van der Waals surface area contributed by atoms with E-state index in [9.17, 15) is 4.79 Å². The number of anilines is 1. The zero-order valence-corrected chi connectivity index (χ0v) is 12.0. The molecule has 0 saturated heterocycles. The Kier molecular flexibility index (Phi) is 3.14. The highest BCUT2D eigenvalue weighted by molar-refractivity contribution is 7.10. The van der Waals surface area contributed by atoms with Gasteiger partial charge in [0.25, 0.3) is 5.91 Å². The van der Waals surface area contributed by atoms with Crippen LogP contribution >= 0.6 is 11.3 Å². The molecule has 1 aliphatic rings. The Balaban J connectivity index is 1.84. The monoisotopic (exact) mass is 275 g/mol. The zero-order chi connectivity index (χ0) is 13.4. The number of aromatic nitrogens is 2. The Bertz CT molecular complexity index is 627. The zero-order valence-electron chi connectivity index (χ0n) is 11.2. The highest BCUT2D eigenvalue weighted by atomic mass is 32.1. The van der Waals surface area contributed by atoms with Crippen molar-refractivity contribution >= 4 is 23.1 Å². The van der Waals surface area contributed by atoms with Crippen LogP contribution in [0.25, 0.3) is 0 Å². The number of nitrogens with zero attached hydrogens (tertiary/aromatic N) is 2. The van der Waals surface area contributed by atoms with Gasteiger partial charge in [0.15, 0.2) is 0 Å². The number of carbonyl (C=O) groups excluding carboxylic acids is 1. The van der Waals surface area contributed by atoms with Gasteiger partial charge in [-0.2, -0.15) is 5.10 Å². The Labute approximate surface area is 116 Å². The smallest absolute Gasteiger partial charge is 0.257 e. The topological polar surface area (TPSA) is 46.9 Å². The van der Waals surface area contributed by atoms with Crippen molar-refractivity contribution in [3.8, 4) is 0 Å². The first kappa shape index (κ1) is 12.4. The van der Waals surface area contributed by atoms with Crippen LogP contribution in [0, 0.1) is 6.92 Å². The lowest BCUT2D eigenvalue weighted by atomic mass is 9.96. The van der Waals surface area contributed by atoms with E-state index in [2.05, 4.69) is 10.4 Å². The normalized spacial score (nSPS) is 14.2. The molecule has 0 spiro atoms. The van der Waals surface area contributed by atoms with Crippen molar-refractivity contribution in [3.05, 3.63) is 33.1 Å². The number of amides is 1. The molecule has 0 atom stereocenters. The van der Waals surface area contributed by atoms with Gasteiger partial charge in [0.1, 0.15) is 5.82 Å². The van der Waals surface area contributed by atoms with Gasteiger partial charge in [-0.05, 0) is 38.2 Å². The summed E-state index contributed by atoms with van der Waals surface area (Å²) in [4.78, 5) is 13.7. The van der Waals surface area contributed by atoms with Crippen LogP contribution in [-0.4, -0.2) is 15.7 Å². The number of hydrogen-bond donors (Lipinski definition) is 1. The van der Waals surface area contributed by atoms with Crippen LogP contribution in [0.1, 0.15) is 39.3 Å². The molecule has 0 aliphatic heterocycles. The van der Waals surface area contributed by atoms with E-state index < -0.39 is 0 Å². The average molecular weight is 275 g/mol. The summed E-state index contributed by atoms with van der Waals surface area (Å²) >= 11 is 1.72. The van der Waals surface area contributed by atoms with Gasteiger partial charge >= 0.3 is 0 Å². The van der Waals surface area contributed by atoms with Crippen molar-refractivity contribution in [3.63, 3.8) is 0 Å². The number of rotatable bonds is 2.